The van der Waals surface area contributed by atoms with Gasteiger partial charge in [0.2, 0.25) is 16.1 Å². The average molecular weight is 335 g/mol. The van der Waals surface area contributed by atoms with Gasteiger partial charge in [0, 0.05) is 11.1 Å². The Morgan fingerprint density at radius 3 is 2.36 bits per heavy atom. The van der Waals surface area contributed by atoms with Crippen molar-refractivity contribution in [3.05, 3.63) is 29.8 Å². The highest BCUT2D eigenvalue weighted by Gasteiger charge is 2.41. The summed E-state index contributed by atoms with van der Waals surface area (Å²) in [5, 5.41) is 0. The van der Waals surface area contributed by atoms with E-state index < -0.39 is 27.8 Å². The van der Waals surface area contributed by atoms with E-state index in [-0.39, 0.29) is 16.2 Å². The molecule has 0 radical (unpaired) electrons. The van der Waals surface area contributed by atoms with Crippen molar-refractivity contribution in [2.75, 3.05) is 0 Å². The standard InChI is InChI=1S/C14H16F3NO3S/c1-13(2,3)18-22(19,20)10-5-6-11-9(8-10)4-7-12(21-11)14(15,16)17/h4-8,12,18H,1-3H3/t12-/m0/s1. The lowest BCUT2D eigenvalue weighted by Gasteiger charge is -2.24. The summed E-state index contributed by atoms with van der Waals surface area (Å²) < 4.78 is 69.5. The number of hydrogen-bond donors (Lipinski definition) is 1. The van der Waals surface area contributed by atoms with Crippen molar-refractivity contribution in [3.63, 3.8) is 0 Å². The first-order valence-corrected chi connectivity index (χ1v) is 7.96. The molecule has 22 heavy (non-hydrogen) atoms. The number of rotatable bonds is 2. The number of fused-ring (bicyclic) bond motifs is 1. The maximum Gasteiger partial charge on any atom is 0.429 e. The smallest absolute Gasteiger partial charge is 0.429 e. The lowest BCUT2D eigenvalue weighted by molar-refractivity contribution is -0.180. The molecule has 0 bridgehead atoms. The third-order valence-corrected chi connectivity index (χ3v) is 4.51. The van der Waals surface area contributed by atoms with Gasteiger partial charge >= 0.3 is 6.18 Å². The molecular weight excluding hydrogens is 319 g/mol. The van der Waals surface area contributed by atoms with Gasteiger partial charge < -0.3 is 4.74 Å². The van der Waals surface area contributed by atoms with Gasteiger partial charge in [-0.2, -0.15) is 13.2 Å². The fraction of sp³-hybridized carbons (Fsp3) is 0.429. The van der Waals surface area contributed by atoms with Crippen LogP contribution in [0.3, 0.4) is 0 Å². The zero-order valence-corrected chi connectivity index (χ0v) is 13.0. The molecule has 122 valence electrons. The van der Waals surface area contributed by atoms with Crippen LogP contribution in [-0.4, -0.2) is 26.2 Å². The molecule has 1 aromatic rings. The fourth-order valence-electron chi connectivity index (χ4n) is 1.94. The summed E-state index contributed by atoms with van der Waals surface area (Å²) in [6.07, 6.45) is -4.45. The third-order valence-electron chi connectivity index (χ3n) is 2.76. The highest BCUT2D eigenvalue weighted by molar-refractivity contribution is 7.89. The first-order chi connectivity index (χ1) is 9.88. The van der Waals surface area contributed by atoms with E-state index >= 15 is 0 Å². The van der Waals surface area contributed by atoms with Gasteiger partial charge in [-0.1, -0.05) is 6.08 Å². The van der Waals surface area contributed by atoms with Crippen molar-refractivity contribution < 1.29 is 26.3 Å². The van der Waals surface area contributed by atoms with Crippen molar-refractivity contribution in [2.24, 2.45) is 0 Å². The normalized spacial score (nSPS) is 18.7. The minimum Gasteiger partial charge on any atom is -0.476 e. The van der Waals surface area contributed by atoms with E-state index in [0.29, 0.717) is 0 Å². The van der Waals surface area contributed by atoms with Crippen LogP contribution in [0.15, 0.2) is 29.2 Å². The molecule has 1 aliphatic heterocycles. The maximum atomic E-state index is 12.6. The summed E-state index contributed by atoms with van der Waals surface area (Å²) in [4.78, 5) is -0.0279. The summed E-state index contributed by atoms with van der Waals surface area (Å²) in [7, 11) is -3.76. The lowest BCUT2D eigenvalue weighted by Crippen LogP contribution is -2.40. The minimum absolute atomic E-state index is 0.000432. The molecule has 1 N–H and O–H groups in total. The van der Waals surface area contributed by atoms with Gasteiger partial charge in [0.25, 0.3) is 0 Å². The molecule has 0 spiro atoms. The van der Waals surface area contributed by atoms with Crippen LogP contribution in [0.25, 0.3) is 6.08 Å². The Morgan fingerprint density at radius 2 is 1.82 bits per heavy atom. The van der Waals surface area contributed by atoms with Gasteiger partial charge in [0.05, 0.1) is 4.90 Å². The monoisotopic (exact) mass is 335 g/mol. The highest BCUT2D eigenvalue weighted by atomic mass is 32.2. The Balaban J connectivity index is 2.33. The second-order valence-electron chi connectivity index (χ2n) is 5.99. The second kappa shape index (κ2) is 5.27. The molecule has 0 aliphatic carbocycles. The number of nitrogens with one attached hydrogen (secondary N) is 1. The van der Waals surface area contributed by atoms with Crippen molar-refractivity contribution in [3.8, 4) is 5.75 Å². The number of hydrogen-bond acceptors (Lipinski definition) is 3. The Morgan fingerprint density at radius 1 is 1.18 bits per heavy atom. The SMILES string of the molecule is CC(C)(C)NS(=O)(=O)c1ccc2c(c1)C=C[C@@H](C(F)(F)F)O2. The number of ether oxygens (including phenoxy) is 1. The van der Waals surface area contributed by atoms with E-state index in [1.165, 1.54) is 24.3 Å². The Bertz CT molecular complexity index is 703. The molecule has 1 aliphatic rings. The largest absolute Gasteiger partial charge is 0.476 e. The molecule has 0 saturated carbocycles. The zero-order valence-electron chi connectivity index (χ0n) is 12.2. The average Bonchev–Trinajstić information content (AvgIpc) is 2.33. The van der Waals surface area contributed by atoms with Crippen molar-refractivity contribution in [1.29, 1.82) is 0 Å². The molecule has 0 aromatic heterocycles. The van der Waals surface area contributed by atoms with E-state index in [1.807, 2.05) is 0 Å². The fourth-order valence-corrected chi connectivity index (χ4v) is 3.39. The van der Waals surface area contributed by atoms with E-state index in [2.05, 4.69) is 4.72 Å². The Labute approximate surface area is 127 Å². The van der Waals surface area contributed by atoms with Crippen LogP contribution in [0.5, 0.6) is 5.75 Å². The van der Waals surface area contributed by atoms with Crippen molar-refractivity contribution >= 4 is 16.1 Å². The summed E-state index contributed by atoms with van der Waals surface area (Å²) in [5.74, 6) is -0.000432. The van der Waals surface area contributed by atoms with E-state index in [9.17, 15) is 21.6 Å². The predicted octanol–water partition coefficient (Wildman–Crippen LogP) is 3.10. The second-order valence-corrected chi connectivity index (χ2v) is 7.68. The number of halogens is 3. The molecule has 0 amide bonds. The van der Waals surface area contributed by atoms with E-state index in [1.54, 1.807) is 20.8 Å². The first-order valence-electron chi connectivity index (χ1n) is 6.48. The third kappa shape index (κ3) is 3.80. The molecule has 8 heteroatoms. The highest BCUT2D eigenvalue weighted by Crippen LogP contribution is 2.34. The van der Waals surface area contributed by atoms with Crippen molar-refractivity contribution in [1.82, 2.24) is 4.72 Å². The lowest BCUT2D eigenvalue weighted by atomic mass is 10.1. The Hall–Kier alpha value is -1.54. The van der Waals surface area contributed by atoms with Crippen LogP contribution in [-0.2, 0) is 10.0 Å². The molecule has 2 rings (SSSR count). The zero-order chi connectivity index (χ0) is 16.8. The summed E-state index contributed by atoms with van der Waals surface area (Å²) >= 11 is 0. The van der Waals surface area contributed by atoms with Crippen LogP contribution in [0.2, 0.25) is 0 Å². The molecular formula is C14H16F3NO3S. The topological polar surface area (TPSA) is 55.4 Å². The molecule has 0 saturated heterocycles. The quantitative estimate of drug-likeness (QED) is 0.903. The maximum absolute atomic E-state index is 12.6. The van der Waals surface area contributed by atoms with Gasteiger partial charge in [-0.3, -0.25) is 0 Å². The number of sulfonamides is 1. The molecule has 4 nitrogen and oxygen atoms in total. The van der Waals surface area contributed by atoms with Gasteiger partial charge in [0.15, 0.2) is 0 Å². The summed E-state index contributed by atoms with van der Waals surface area (Å²) in [5.41, 5.74) is -0.375. The minimum atomic E-state index is -4.51. The predicted molar refractivity (Wildman–Crippen MR) is 76.0 cm³/mol. The van der Waals surface area contributed by atoms with Gasteiger partial charge in [-0.15, -0.1) is 0 Å². The van der Waals surface area contributed by atoms with Gasteiger partial charge in [-0.25, -0.2) is 13.1 Å². The van der Waals surface area contributed by atoms with Gasteiger partial charge in [0.1, 0.15) is 5.75 Å². The van der Waals surface area contributed by atoms with Crippen LogP contribution < -0.4 is 9.46 Å². The molecule has 1 atom stereocenters. The van der Waals surface area contributed by atoms with E-state index in [0.717, 1.165) is 6.08 Å². The molecule has 1 aromatic carbocycles. The van der Waals surface area contributed by atoms with E-state index in [4.69, 9.17) is 4.74 Å². The molecule has 0 fully saturated rings. The molecule has 0 unspecified atom stereocenters. The molecule has 1 heterocycles. The summed E-state index contributed by atoms with van der Waals surface area (Å²) in [6, 6.07) is 3.74. The first kappa shape index (κ1) is 16.8. The van der Waals surface area contributed by atoms with Crippen molar-refractivity contribution in [2.45, 2.75) is 43.5 Å². The Kier molecular flexibility index (Phi) is 4.03. The van der Waals surface area contributed by atoms with Gasteiger partial charge in [-0.05, 0) is 45.0 Å². The van der Waals surface area contributed by atoms with Crippen LogP contribution >= 0.6 is 0 Å². The number of benzene rings is 1. The summed E-state index contributed by atoms with van der Waals surface area (Å²) in [6.45, 7) is 5.08. The van der Waals surface area contributed by atoms with Crippen LogP contribution in [0, 0.1) is 0 Å². The number of alkyl halides is 3. The van der Waals surface area contributed by atoms with Crippen LogP contribution in [0.4, 0.5) is 13.2 Å². The van der Waals surface area contributed by atoms with Crippen LogP contribution in [0.1, 0.15) is 26.3 Å².